The molecule has 0 aromatic carbocycles. The second-order valence-corrected chi connectivity index (χ2v) is 5.44. The molecule has 2 heterocycles. The molecule has 2 aromatic heterocycles. The van der Waals surface area contributed by atoms with E-state index in [-0.39, 0.29) is 16.5 Å². The zero-order chi connectivity index (χ0) is 14.2. The third-order valence-corrected chi connectivity index (χ3v) is 3.63. The van der Waals surface area contributed by atoms with Gasteiger partial charge in [0.2, 0.25) is 0 Å². The number of aromatic carboxylic acids is 1. The smallest absolute Gasteiger partial charge is 0.353 e. The van der Waals surface area contributed by atoms with Crippen molar-refractivity contribution in [3.63, 3.8) is 0 Å². The number of nitrogens with one attached hydrogen (secondary N) is 2. The molecule has 0 spiro atoms. The molecule has 102 valence electrons. The topological polar surface area (TPSA) is 130 Å². The Labute approximate surface area is 108 Å². The van der Waals surface area contributed by atoms with Crippen LogP contribution in [-0.4, -0.2) is 39.2 Å². The number of sulfonamides is 1. The van der Waals surface area contributed by atoms with Gasteiger partial charge in [-0.25, -0.2) is 9.78 Å². The highest BCUT2D eigenvalue weighted by Gasteiger charge is 2.20. The van der Waals surface area contributed by atoms with Crippen molar-refractivity contribution in [2.45, 2.75) is 11.9 Å². The molecule has 0 aliphatic carbocycles. The van der Waals surface area contributed by atoms with Crippen LogP contribution in [0.3, 0.4) is 0 Å². The van der Waals surface area contributed by atoms with Crippen molar-refractivity contribution in [3.05, 3.63) is 23.8 Å². The second-order valence-electron chi connectivity index (χ2n) is 3.81. The Kier molecular flexibility index (Phi) is 3.02. The van der Waals surface area contributed by atoms with E-state index in [0.29, 0.717) is 5.82 Å². The Bertz CT molecular complexity index is 710. The third-order valence-electron chi connectivity index (χ3n) is 2.41. The van der Waals surface area contributed by atoms with Gasteiger partial charge in [-0.15, -0.1) is 0 Å². The summed E-state index contributed by atoms with van der Waals surface area (Å²) in [5.74, 6) is -0.805. The number of aromatic nitrogens is 4. The van der Waals surface area contributed by atoms with Crippen LogP contribution >= 0.6 is 0 Å². The molecule has 0 bridgehead atoms. The van der Waals surface area contributed by atoms with Gasteiger partial charge in [0.05, 0.1) is 0 Å². The maximum atomic E-state index is 12.0. The average Bonchev–Trinajstić information content (AvgIpc) is 2.87. The number of carboxylic acids is 1. The molecule has 2 aromatic rings. The first-order valence-corrected chi connectivity index (χ1v) is 6.59. The number of aromatic amines is 1. The standard InChI is InChI=1S/C9H11N5O4S/c1-5-10-8(4-14(5)2)19(17,18)13-7-3-6(9(15)16)11-12-7/h3-4H,1-2H3,(H,15,16)(H2,11,12,13). The molecule has 0 radical (unpaired) electrons. The van der Waals surface area contributed by atoms with E-state index in [4.69, 9.17) is 5.11 Å². The Hall–Kier alpha value is -2.36. The summed E-state index contributed by atoms with van der Waals surface area (Å²) < 4.78 is 27.6. The van der Waals surface area contributed by atoms with Gasteiger partial charge in [0.25, 0.3) is 10.0 Å². The normalized spacial score (nSPS) is 11.5. The summed E-state index contributed by atoms with van der Waals surface area (Å²) >= 11 is 0. The molecule has 0 aliphatic rings. The van der Waals surface area contributed by atoms with Crippen molar-refractivity contribution < 1.29 is 18.3 Å². The van der Waals surface area contributed by atoms with Crippen LogP contribution in [0.5, 0.6) is 0 Å². The van der Waals surface area contributed by atoms with Crippen molar-refractivity contribution in [2.24, 2.45) is 7.05 Å². The van der Waals surface area contributed by atoms with Gasteiger partial charge >= 0.3 is 5.97 Å². The summed E-state index contributed by atoms with van der Waals surface area (Å²) in [6, 6.07) is 1.08. The lowest BCUT2D eigenvalue weighted by Crippen LogP contribution is -2.13. The van der Waals surface area contributed by atoms with Crippen LogP contribution in [0.25, 0.3) is 0 Å². The van der Waals surface area contributed by atoms with Crippen molar-refractivity contribution in [2.75, 3.05) is 4.72 Å². The molecule has 0 atom stereocenters. The lowest BCUT2D eigenvalue weighted by atomic mass is 10.4. The van der Waals surface area contributed by atoms with Gasteiger partial charge in [-0.3, -0.25) is 9.82 Å². The molecule has 0 saturated heterocycles. The minimum absolute atomic E-state index is 0.110. The molecule has 0 saturated carbocycles. The van der Waals surface area contributed by atoms with Crippen molar-refractivity contribution in [3.8, 4) is 0 Å². The van der Waals surface area contributed by atoms with Crippen molar-refractivity contribution in [1.29, 1.82) is 0 Å². The van der Waals surface area contributed by atoms with Gasteiger partial charge < -0.3 is 9.67 Å². The van der Waals surface area contributed by atoms with E-state index in [1.807, 2.05) is 0 Å². The number of rotatable bonds is 4. The summed E-state index contributed by atoms with van der Waals surface area (Å²) in [6.07, 6.45) is 1.35. The van der Waals surface area contributed by atoms with Crippen LogP contribution in [0.15, 0.2) is 17.3 Å². The summed E-state index contributed by atoms with van der Waals surface area (Å²) in [5, 5.41) is 14.3. The van der Waals surface area contributed by atoms with Gasteiger partial charge in [-0.05, 0) is 6.92 Å². The van der Waals surface area contributed by atoms with Gasteiger partial charge in [-0.2, -0.15) is 13.5 Å². The summed E-state index contributed by atoms with van der Waals surface area (Å²) in [5.41, 5.74) is -0.213. The lowest BCUT2D eigenvalue weighted by Gasteiger charge is -2.00. The zero-order valence-corrected chi connectivity index (χ0v) is 10.9. The molecule has 10 heteroatoms. The molecule has 19 heavy (non-hydrogen) atoms. The van der Waals surface area contributed by atoms with E-state index in [2.05, 4.69) is 19.9 Å². The fourth-order valence-electron chi connectivity index (χ4n) is 1.33. The van der Waals surface area contributed by atoms with E-state index in [1.54, 1.807) is 18.5 Å². The number of H-pyrrole nitrogens is 1. The first kappa shape index (κ1) is 13.1. The van der Waals surface area contributed by atoms with Crippen molar-refractivity contribution >= 4 is 21.8 Å². The second kappa shape index (κ2) is 4.39. The number of carboxylic acid groups (broad SMARTS) is 1. The number of nitrogens with zero attached hydrogens (tertiary/aromatic N) is 3. The molecule has 0 fully saturated rings. The minimum atomic E-state index is -3.88. The van der Waals surface area contributed by atoms with E-state index in [1.165, 1.54) is 6.20 Å². The van der Waals surface area contributed by atoms with Crippen LogP contribution in [0.1, 0.15) is 16.3 Å². The Balaban J connectivity index is 2.28. The molecule has 0 unspecified atom stereocenters. The van der Waals surface area contributed by atoms with E-state index in [9.17, 15) is 13.2 Å². The number of aryl methyl sites for hydroxylation is 2. The summed E-state index contributed by atoms with van der Waals surface area (Å²) in [6.45, 7) is 1.66. The van der Waals surface area contributed by atoms with Gasteiger partial charge in [0.1, 0.15) is 11.5 Å². The zero-order valence-electron chi connectivity index (χ0n) is 10.1. The van der Waals surface area contributed by atoms with Crippen LogP contribution in [0, 0.1) is 6.92 Å². The van der Waals surface area contributed by atoms with Crippen LogP contribution in [-0.2, 0) is 17.1 Å². The lowest BCUT2D eigenvalue weighted by molar-refractivity contribution is 0.0690. The van der Waals surface area contributed by atoms with E-state index >= 15 is 0 Å². The molecule has 2 rings (SSSR count). The minimum Gasteiger partial charge on any atom is -0.477 e. The number of imidazole rings is 1. The summed E-state index contributed by atoms with van der Waals surface area (Å²) in [4.78, 5) is 14.5. The fourth-order valence-corrected chi connectivity index (χ4v) is 2.36. The average molecular weight is 285 g/mol. The van der Waals surface area contributed by atoms with Crippen LogP contribution in [0.2, 0.25) is 0 Å². The van der Waals surface area contributed by atoms with Crippen molar-refractivity contribution in [1.82, 2.24) is 19.7 Å². The van der Waals surface area contributed by atoms with E-state index in [0.717, 1.165) is 6.07 Å². The van der Waals surface area contributed by atoms with Gasteiger partial charge in [0.15, 0.2) is 10.8 Å². The first-order chi connectivity index (χ1) is 8.79. The predicted molar refractivity (Wildman–Crippen MR) is 64.3 cm³/mol. The Morgan fingerprint density at radius 3 is 2.68 bits per heavy atom. The quantitative estimate of drug-likeness (QED) is 0.722. The monoisotopic (exact) mass is 285 g/mol. The van der Waals surface area contributed by atoms with Gasteiger partial charge in [0, 0.05) is 19.3 Å². The number of hydrogen-bond donors (Lipinski definition) is 3. The van der Waals surface area contributed by atoms with E-state index < -0.39 is 16.0 Å². The highest BCUT2D eigenvalue weighted by molar-refractivity contribution is 7.92. The number of carbonyl (C=O) groups is 1. The Morgan fingerprint density at radius 1 is 1.53 bits per heavy atom. The molecule has 3 N–H and O–H groups in total. The molecular weight excluding hydrogens is 274 g/mol. The molecule has 9 nitrogen and oxygen atoms in total. The highest BCUT2D eigenvalue weighted by Crippen LogP contribution is 2.14. The SMILES string of the molecule is Cc1nc(S(=O)(=O)Nc2cc(C(=O)O)[nH]n2)cn1C. The molecular formula is C9H11N5O4S. The highest BCUT2D eigenvalue weighted by atomic mass is 32.2. The summed E-state index contributed by atoms with van der Waals surface area (Å²) in [7, 11) is -2.22. The Morgan fingerprint density at radius 2 is 2.21 bits per heavy atom. The maximum absolute atomic E-state index is 12.0. The largest absolute Gasteiger partial charge is 0.477 e. The number of hydrogen-bond acceptors (Lipinski definition) is 5. The number of anilines is 1. The first-order valence-electron chi connectivity index (χ1n) is 5.11. The van der Waals surface area contributed by atoms with Gasteiger partial charge in [-0.1, -0.05) is 0 Å². The fraction of sp³-hybridized carbons (Fsp3) is 0.222. The molecule has 0 aliphatic heterocycles. The molecule has 0 amide bonds. The van der Waals surface area contributed by atoms with Crippen LogP contribution < -0.4 is 4.72 Å². The van der Waals surface area contributed by atoms with Crippen LogP contribution in [0.4, 0.5) is 5.82 Å². The predicted octanol–water partition coefficient (Wildman–Crippen LogP) is -0.0494. The maximum Gasteiger partial charge on any atom is 0.353 e. The third kappa shape index (κ3) is 2.57.